The maximum atomic E-state index is 13.7. The van der Waals surface area contributed by atoms with Gasteiger partial charge < -0.3 is 10.4 Å². The molecule has 18 heavy (non-hydrogen) atoms. The van der Waals surface area contributed by atoms with E-state index in [-0.39, 0.29) is 12.2 Å². The van der Waals surface area contributed by atoms with Crippen molar-refractivity contribution in [2.45, 2.75) is 6.04 Å². The van der Waals surface area contributed by atoms with Crippen LogP contribution in [0.2, 0.25) is 0 Å². The second kappa shape index (κ2) is 5.69. The molecule has 1 aromatic rings. The summed E-state index contributed by atoms with van der Waals surface area (Å²) in [5, 5.41) is 12.5. The molecule has 1 aromatic carbocycles. The number of halogens is 3. The first-order chi connectivity index (χ1) is 8.65. The van der Waals surface area contributed by atoms with E-state index < -0.39 is 23.5 Å². The van der Waals surface area contributed by atoms with E-state index in [1.807, 2.05) is 4.90 Å². The standard InChI is InChI=1S/C12H15F3N2O/c13-9-2-1-8(11(14)12(9)15)10(7-18)17-5-3-16-4-6-17/h1-2,10,16,18H,3-7H2/t10-/m0/s1. The molecule has 3 nitrogen and oxygen atoms in total. The van der Waals surface area contributed by atoms with Crippen LogP contribution in [0.25, 0.3) is 0 Å². The maximum Gasteiger partial charge on any atom is 0.194 e. The van der Waals surface area contributed by atoms with Crippen molar-refractivity contribution < 1.29 is 18.3 Å². The molecule has 1 aliphatic heterocycles. The van der Waals surface area contributed by atoms with E-state index in [1.165, 1.54) is 6.07 Å². The summed E-state index contributed by atoms with van der Waals surface area (Å²) in [6, 6.07) is 1.44. The van der Waals surface area contributed by atoms with Crippen molar-refractivity contribution in [2.75, 3.05) is 32.8 Å². The fourth-order valence-electron chi connectivity index (χ4n) is 2.20. The van der Waals surface area contributed by atoms with Crippen LogP contribution in [0, 0.1) is 17.5 Å². The van der Waals surface area contributed by atoms with Gasteiger partial charge in [0.2, 0.25) is 0 Å². The van der Waals surface area contributed by atoms with E-state index in [4.69, 9.17) is 0 Å². The lowest BCUT2D eigenvalue weighted by Gasteiger charge is -2.34. The molecule has 0 saturated carbocycles. The van der Waals surface area contributed by atoms with Crippen LogP contribution in [0.5, 0.6) is 0 Å². The predicted octanol–water partition coefficient (Wildman–Crippen LogP) is 1.04. The number of rotatable bonds is 3. The molecule has 0 bridgehead atoms. The minimum Gasteiger partial charge on any atom is -0.394 e. The van der Waals surface area contributed by atoms with Crippen LogP contribution in [-0.2, 0) is 0 Å². The van der Waals surface area contributed by atoms with Gasteiger partial charge >= 0.3 is 0 Å². The Morgan fingerprint density at radius 3 is 2.44 bits per heavy atom. The highest BCUT2D eigenvalue weighted by molar-refractivity contribution is 5.24. The SMILES string of the molecule is OC[C@@H](c1ccc(F)c(F)c1F)N1CCNCC1. The number of hydrogen-bond acceptors (Lipinski definition) is 3. The van der Waals surface area contributed by atoms with Crippen molar-refractivity contribution >= 4 is 0 Å². The van der Waals surface area contributed by atoms with Gasteiger partial charge in [0, 0.05) is 31.7 Å². The van der Waals surface area contributed by atoms with E-state index in [2.05, 4.69) is 5.32 Å². The zero-order valence-corrected chi connectivity index (χ0v) is 9.80. The molecule has 1 saturated heterocycles. The van der Waals surface area contributed by atoms with Crippen molar-refractivity contribution in [3.05, 3.63) is 35.1 Å². The normalized spacial score (nSPS) is 18.9. The third-order valence-corrected chi connectivity index (χ3v) is 3.19. The number of nitrogens with zero attached hydrogens (tertiary/aromatic N) is 1. The van der Waals surface area contributed by atoms with Crippen molar-refractivity contribution in [3.8, 4) is 0 Å². The molecular formula is C12H15F3N2O. The fourth-order valence-corrected chi connectivity index (χ4v) is 2.20. The topological polar surface area (TPSA) is 35.5 Å². The first-order valence-electron chi connectivity index (χ1n) is 5.84. The van der Waals surface area contributed by atoms with E-state index in [9.17, 15) is 18.3 Å². The Kier molecular flexibility index (Phi) is 4.21. The summed E-state index contributed by atoms with van der Waals surface area (Å²) in [7, 11) is 0. The van der Waals surface area contributed by atoms with Crippen LogP contribution in [0.15, 0.2) is 12.1 Å². The summed E-state index contributed by atoms with van der Waals surface area (Å²) < 4.78 is 39.7. The molecule has 0 radical (unpaired) electrons. The van der Waals surface area contributed by atoms with Gasteiger partial charge in [-0.1, -0.05) is 6.07 Å². The number of nitrogens with one attached hydrogen (secondary N) is 1. The Balaban J connectivity index is 2.29. The van der Waals surface area contributed by atoms with E-state index in [0.717, 1.165) is 19.2 Å². The van der Waals surface area contributed by atoms with Crippen LogP contribution >= 0.6 is 0 Å². The van der Waals surface area contributed by atoms with Crippen molar-refractivity contribution in [3.63, 3.8) is 0 Å². The highest BCUT2D eigenvalue weighted by Crippen LogP contribution is 2.26. The summed E-state index contributed by atoms with van der Waals surface area (Å²) in [5.74, 6) is -3.91. The molecule has 0 amide bonds. The van der Waals surface area contributed by atoms with E-state index in [1.54, 1.807) is 0 Å². The van der Waals surface area contributed by atoms with Gasteiger partial charge in [0.25, 0.3) is 0 Å². The summed E-state index contributed by atoms with van der Waals surface area (Å²) >= 11 is 0. The van der Waals surface area contributed by atoms with Crippen LogP contribution in [0.3, 0.4) is 0 Å². The quantitative estimate of drug-likeness (QED) is 0.797. The molecule has 0 spiro atoms. The molecule has 1 heterocycles. The molecule has 2 rings (SSSR count). The Bertz CT molecular complexity index is 422. The third kappa shape index (κ3) is 2.50. The van der Waals surface area contributed by atoms with Crippen LogP contribution in [0.4, 0.5) is 13.2 Å². The molecule has 0 aromatic heterocycles. The number of aliphatic hydroxyl groups is 1. The molecular weight excluding hydrogens is 245 g/mol. The largest absolute Gasteiger partial charge is 0.394 e. The van der Waals surface area contributed by atoms with Gasteiger partial charge in [0.15, 0.2) is 17.5 Å². The summed E-state index contributed by atoms with van der Waals surface area (Å²) in [6.07, 6.45) is 0. The first kappa shape index (κ1) is 13.3. The van der Waals surface area contributed by atoms with Gasteiger partial charge in [-0.25, -0.2) is 13.2 Å². The number of hydrogen-bond donors (Lipinski definition) is 2. The summed E-state index contributed by atoms with van der Waals surface area (Å²) in [4.78, 5) is 1.85. The molecule has 6 heteroatoms. The van der Waals surface area contributed by atoms with Crippen molar-refractivity contribution in [1.82, 2.24) is 10.2 Å². The summed E-state index contributed by atoms with van der Waals surface area (Å²) in [6.45, 7) is 2.37. The Morgan fingerprint density at radius 2 is 1.83 bits per heavy atom. The zero-order valence-electron chi connectivity index (χ0n) is 9.80. The second-order valence-electron chi connectivity index (χ2n) is 4.25. The van der Waals surface area contributed by atoms with Gasteiger partial charge in [0.1, 0.15) is 0 Å². The van der Waals surface area contributed by atoms with Crippen LogP contribution < -0.4 is 5.32 Å². The van der Waals surface area contributed by atoms with E-state index >= 15 is 0 Å². The first-order valence-corrected chi connectivity index (χ1v) is 5.84. The average Bonchev–Trinajstić information content (AvgIpc) is 2.41. The lowest BCUT2D eigenvalue weighted by molar-refractivity contribution is 0.107. The van der Waals surface area contributed by atoms with Gasteiger partial charge in [-0.3, -0.25) is 4.90 Å². The number of piperazine rings is 1. The van der Waals surface area contributed by atoms with Gasteiger partial charge in [-0.15, -0.1) is 0 Å². The number of aliphatic hydroxyl groups excluding tert-OH is 1. The molecule has 1 aliphatic rings. The third-order valence-electron chi connectivity index (χ3n) is 3.19. The summed E-state index contributed by atoms with van der Waals surface area (Å²) in [5.41, 5.74) is -0.00157. The van der Waals surface area contributed by atoms with Crippen molar-refractivity contribution in [1.29, 1.82) is 0 Å². The predicted molar refractivity (Wildman–Crippen MR) is 60.6 cm³/mol. The lowest BCUT2D eigenvalue weighted by atomic mass is 10.0. The monoisotopic (exact) mass is 260 g/mol. The molecule has 0 unspecified atom stereocenters. The molecule has 1 atom stereocenters. The number of benzene rings is 1. The van der Waals surface area contributed by atoms with E-state index in [0.29, 0.717) is 13.1 Å². The van der Waals surface area contributed by atoms with Gasteiger partial charge in [-0.2, -0.15) is 0 Å². The van der Waals surface area contributed by atoms with Crippen LogP contribution in [0.1, 0.15) is 11.6 Å². The van der Waals surface area contributed by atoms with Crippen LogP contribution in [-0.4, -0.2) is 42.8 Å². The maximum absolute atomic E-state index is 13.7. The average molecular weight is 260 g/mol. The van der Waals surface area contributed by atoms with Gasteiger partial charge in [0.05, 0.1) is 12.6 Å². The minimum atomic E-state index is -1.49. The smallest absolute Gasteiger partial charge is 0.194 e. The van der Waals surface area contributed by atoms with Gasteiger partial charge in [-0.05, 0) is 6.07 Å². The molecule has 100 valence electrons. The zero-order chi connectivity index (χ0) is 13.1. The Hall–Kier alpha value is -1.11. The molecule has 0 aliphatic carbocycles. The highest BCUT2D eigenvalue weighted by Gasteiger charge is 2.26. The van der Waals surface area contributed by atoms with Crippen molar-refractivity contribution in [2.24, 2.45) is 0 Å². The minimum absolute atomic E-state index is 0.00157. The highest BCUT2D eigenvalue weighted by atomic mass is 19.2. The lowest BCUT2D eigenvalue weighted by Crippen LogP contribution is -2.46. The molecule has 2 N–H and O–H groups in total. The fraction of sp³-hybridized carbons (Fsp3) is 0.500. The Morgan fingerprint density at radius 1 is 1.17 bits per heavy atom. The molecule has 1 fully saturated rings. The Labute approximate surface area is 103 Å². The second-order valence-corrected chi connectivity index (χ2v) is 4.25.